The van der Waals surface area contributed by atoms with Gasteiger partial charge in [0.05, 0.1) is 12.0 Å². The van der Waals surface area contributed by atoms with Crippen LogP contribution in [0.5, 0.6) is 0 Å². The van der Waals surface area contributed by atoms with Crippen LogP contribution in [0.15, 0.2) is 0 Å². The molecule has 1 rings (SSSR count). The largest absolute Gasteiger partial charge is 0.395 e. The van der Waals surface area contributed by atoms with Gasteiger partial charge in [0.25, 0.3) is 0 Å². The summed E-state index contributed by atoms with van der Waals surface area (Å²) in [5.41, 5.74) is 5.28. The van der Waals surface area contributed by atoms with E-state index in [2.05, 4.69) is 5.32 Å². The summed E-state index contributed by atoms with van der Waals surface area (Å²) in [6.45, 7) is 0.747. The smallest absolute Gasteiger partial charge is 0.227 e. The molecule has 0 spiro atoms. The summed E-state index contributed by atoms with van der Waals surface area (Å²) >= 11 is 0. The first kappa shape index (κ1) is 10.5. The highest BCUT2D eigenvalue weighted by molar-refractivity contribution is 5.83. The maximum Gasteiger partial charge on any atom is 0.227 e. The van der Waals surface area contributed by atoms with Crippen molar-refractivity contribution in [3.8, 4) is 0 Å². The number of aliphatic hydroxyl groups is 1. The molecule has 0 aliphatic heterocycles. The number of carbonyl (C=O) groups excluding carboxylic acids is 1. The Balaban J connectivity index is 2.49. The molecule has 13 heavy (non-hydrogen) atoms. The van der Waals surface area contributed by atoms with Crippen LogP contribution >= 0.6 is 0 Å². The van der Waals surface area contributed by atoms with Crippen molar-refractivity contribution in [1.29, 1.82) is 0 Å². The zero-order valence-corrected chi connectivity index (χ0v) is 7.88. The summed E-state index contributed by atoms with van der Waals surface area (Å²) in [6.07, 6.45) is 3.95. The highest BCUT2D eigenvalue weighted by atomic mass is 16.3. The van der Waals surface area contributed by atoms with Gasteiger partial charge in [0, 0.05) is 13.1 Å². The molecule has 76 valence electrons. The van der Waals surface area contributed by atoms with Gasteiger partial charge in [0.1, 0.15) is 0 Å². The maximum absolute atomic E-state index is 11.7. The molecule has 1 saturated carbocycles. The summed E-state index contributed by atoms with van der Waals surface area (Å²) in [5.74, 6) is 0.0153. The van der Waals surface area contributed by atoms with E-state index < -0.39 is 0 Å². The lowest BCUT2D eigenvalue weighted by Crippen LogP contribution is -2.44. The highest BCUT2D eigenvalue weighted by Gasteiger charge is 2.39. The number of hydrogen-bond donors (Lipinski definition) is 3. The molecular weight excluding hydrogens is 168 g/mol. The molecule has 0 heterocycles. The Labute approximate surface area is 78.5 Å². The van der Waals surface area contributed by atoms with E-state index in [4.69, 9.17) is 10.8 Å². The zero-order valence-electron chi connectivity index (χ0n) is 7.88. The molecule has 0 atom stereocenters. The van der Waals surface area contributed by atoms with Crippen molar-refractivity contribution >= 4 is 5.91 Å². The van der Waals surface area contributed by atoms with Crippen LogP contribution < -0.4 is 11.1 Å². The molecule has 0 aromatic heterocycles. The predicted molar refractivity (Wildman–Crippen MR) is 50.1 cm³/mol. The Morgan fingerprint density at radius 1 is 1.46 bits per heavy atom. The number of nitrogens with one attached hydrogen (secondary N) is 1. The van der Waals surface area contributed by atoms with Crippen LogP contribution in [0.25, 0.3) is 0 Å². The summed E-state index contributed by atoms with van der Waals surface area (Å²) in [7, 11) is 0. The monoisotopic (exact) mass is 186 g/mol. The Bertz CT molecular complexity index is 176. The van der Waals surface area contributed by atoms with Gasteiger partial charge >= 0.3 is 0 Å². The molecule has 4 heteroatoms. The second kappa shape index (κ2) is 4.58. The molecule has 1 aliphatic carbocycles. The fourth-order valence-electron chi connectivity index (χ4n) is 1.93. The lowest BCUT2D eigenvalue weighted by atomic mass is 9.85. The third-order valence-electron chi connectivity index (χ3n) is 2.83. The SMILES string of the molecule is NCC1(C(=O)NCCO)CCCC1. The standard InChI is InChI=1S/C9H18N2O2/c10-7-9(3-1-2-4-9)8(13)11-5-6-12/h12H,1-7,10H2,(H,11,13). The van der Waals surface area contributed by atoms with Crippen molar-refractivity contribution in [1.82, 2.24) is 5.32 Å². The first-order valence-corrected chi connectivity index (χ1v) is 4.84. The van der Waals surface area contributed by atoms with E-state index in [0.29, 0.717) is 13.1 Å². The van der Waals surface area contributed by atoms with Crippen LogP contribution in [-0.4, -0.2) is 30.7 Å². The fourth-order valence-corrected chi connectivity index (χ4v) is 1.93. The lowest BCUT2D eigenvalue weighted by molar-refractivity contribution is -0.130. The minimum atomic E-state index is -0.338. The molecule has 4 nitrogen and oxygen atoms in total. The van der Waals surface area contributed by atoms with Crippen LogP contribution in [0.4, 0.5) is 0 Å². The van der Waals surface area contributed by atoms with E-state index in [1.54, 1.807) is 0 Å². The molecule has 0 saturated heterocycles. The van der Waals surface area contributed by atoms with Crippen LogP contribution in [0.3, 0.4) is 0 Å². The lowest BCUT2D eigenvalue weighted by Gasteiger charge is -2.25. The quantitative estimate of drug-likeness (QED) is 0.560. The van der Waals surface area contributed by atoms with Crippen molar-refractivity contribution in [2.75, 3.05) is 19.7 Å². The van der Waals surface area contributed by atoms with Crippen molar-refractivity contribution in [3.63, 3.8) is 0 Å². The fraction of sp³-hybridized carbons (Fsp3) is 0.889. The molecule has 1 aliphatic rings. The van der Waals surface area contributed by atoms with Gasteiger partial charge in [-0.1, -0.05) is 12.8 Å². The van der Waals surface area contributed by atoms with Crippen molar-refractivity contribution < 1.29 is 9.90 Å². The Hall–Kier alpha value is -0.610. The summed E-state index contributed by atoms with van der Waals surface area (Å²) in [6, 6.07) is 0. The first-order valence-electron chi connectivity index (χ1n) is 4.84. The van der Waals surface area contributed by atoms with Gasteiger partial charge in [-0.05, 0) is 12.8 Å². The third kappa shape index (κ3) is 2.19. The van der Waals surface area contributed by atoms with E-state index in [-0.39, 0.29) is 17.9 Å². The third-order valence-corrected chi connectivity index (χ3v) is 2.83. The molecule has 1 amide bonds. The average molecular weight is 186 g/mol. The van der Waals surface area contributed by atoms with E-state index in [1.807, 2.05) is 0 Å². The number of hydrogen-bond acceptors (Lipinski definition) is 3. The van der Waals surface area contributed by atoms with Crippen LogP contribution in [-0.2, 0) is 4.79 Å². The normalized spacial score (nSPS) is 20.2. The Morgan fingerprint density at radius 3 is 2.54 bits per heavy atom. The van der Waals surface area contributed by atoms with Crippen LogP contribution in [0.1, 0.15) is 25.7 Å². The Morgan fingerprint density at radius 2 is 2.08 bits per heavy atom. The topological polar surface area (TPSA) is 75.4 Å². The van der Waals surface area contributed by atoms with Gasteiger partial charge in [-0.25, -0.2) is 0 Å². The second-order valence-corrected chi connectivity index (χ2v) is 3.67. The highest BCUT2D eigenvalue weighted by Crippen LogP contribution is 2.37. The minimum Gasteiger partial charge on any atom is -0.395 e. The van der Waals surface area contributed by atoms with E-state index in [9.17, 15) is 4.79 Å². The molecular formula is C9H18N2O2. The maximum atomic E-state index is 11.7. The molecule has 0 aromatic rings. The number of aliphatic hydroxyl groups excluding tert-OH is 1. The van der Waals surface area contributed by atoms with E-state index >= 15 is 0 Å². The van der Waals surface area contributed by atoms with Gasteiger partial charge in [0.2, 0.25) is 5.91 Å². The first-order chi connectivity index (χ1) is 6.25. The van der Waals surface area contributed by atoms with E-state index in [0.717, 1.165) is 25.7 Å². The summed E-state index contributed by atoms with van der Waals surface area (Å²) in [4.78, 5) is 11.7. The number of rotatable bonds is 4. The number of carbonyl (C=O) groups is 1. The van der Waals surface area contributed by atoms with E-state index in [1.165, 1.54) is 0 Å². The molecule has 1 fully saturated rings. The molecule has 4 N–H and O–H groups in total. The molecule has 0 bridgehead atoms. The van der Waals surface area contributed by atoms with Gasteiger partial charge in [0.15, 0.2) is 0 Å². The number of amides is 1. The van der Waals surface area contributed by atoms with Crippen LogP contribution in [0, 0.1) is 5.41 Å². The Kier molecular flexibility index (Phi) is 3.69. The van der Waals surface area contributed by atoms with Crippen molar-refractivity contribution in [2.24, 2.45) is 11.1 Å². The van der Waals surface area contributed by atoms with Gasteiger partial charge in [-0.2, -0.15) is 0 Å². The number of nitrogens with two attached hydrogens (primary N) is 1. The second-order valence-electron chi connectivity index (χ2n) is 3.67. The summed E-state index contributed by atoms with van der Waals surface area (Å²) in [5, 5.41) is 11.3. The van der Waals surface area contributed by atoms with Crippen molar-refractivity contribution in [3.05, 3.63) is 0 Å². The zero-order chi connectivity index (χ0) is 9.73. The van der Waals surface area contributed by atoms with Gasteiger partial charge < -0.3 is 16.2 Å². The molecule has 0 aromatic carbocycles. The average Bonchev–Trinajstić information content (AvgIpc) is 2.63. The predicted octanol–water partition coefficient (Wildman–Crippen LogP) is -0.386. The minimum absolute atomic E-state index is 0.00755. The molecule has 0 radical (unpaired) electrons. The van der Waals surface area contributed by atoms with Gasteiger partial charge in [-0.15, -0.1) is 0 Å². The summed E-state index contributed by atoms with van der Waals surface area (Å²) < 4.78 is 0. The van der Waals surface area contributed by atoms with Crippen LogP contribution in [0.2, 0.25) is 0 Å². The van der Waals surface area contributed by atoms with Crippen molar-refractivity contribution in [2.45, 2.75) is 25.7 Å². The van der Waals surface area contributed by atoms with Gasteiger partial charge in [-0.3, -0.25) is 4.79 Å². The molecule has 0 unspecified atom stereocenters.